The van der Waals surface area contributed by atoms with E-state index in [0.717, 1.165) is 25.5 Å². The van der Waals surface area contributed by atoms with Gasteiger partial charge in [-0.05, 0) is 37.8 Å². The Morgan fingerprint density at radius 3 is 2.61 bits per heavy atom. The van der Waals surface area contributed by atoms with Gasteiger partial charge in [-0.15, -0.1) is 24.0 Å². The van der Waals surface area contributed by atoms with E-state index in [1.807, 2.05) is 6.92 Å². The van der Waals surface area contributed by atoms with Crippen LogP contribution >= 0.6 is 24.0 Å². The number of hydrogen-bond acceptors (Lipinski definition) is 3. The molecule has 132 valence electrons. The van der Waals surface area contributed by atoms with Crippen LogP contribution in [0.25, 0.3) is 0 Å². The summed E-state index contributed by atoms with van der Waals surface area (Å²) in [5.74, 6) is 1.63. The highest BCUT2D eigenvalue weighted by molar-refractivity contribution is 14.0. The molecule has 0 spiro atoms. The number of carbonyl (C=O) groups excluding carboxylic acids is 1. The fraction of sp³-hybridized carbons (Fsp3) is 0.625. The Morgan fingerprint density at radius 1 is 1.26 bits per heavy atom. The number of furan rings is 1. The van der Waals surface area contributed by atoms with Gasteiger partial charge in [0.1, 0.15) is 0 Å². The standard InChI is InChI=1S/C16H28N4O2.HI/c1-4-17-16(19-9-5-7-13(2)3)20-11-10-18-15(21)14-8-6-12-22-14;/h6,8,12-13H,4-5,7,9-11H2,1-3H3,(H,18,21)(H2,17,19,20);1H. The number of carbonyl (C=O) groups is 1. The first-order chi connectivity index (χ1) is 10.6. The molecule has 1 amide bonds. The van der Waals surface area contributed by atoms with Crippen molar-refractivity contribution in [3.8, 4) is 0 Å². The normalized spacial score (nSPS) is 11.0. The van der Waals surface area contributed by atoms with Crippen LogP contribution in [0.3, 0.4) is 0 Å². The van der Waals surface area contributed by atoms with Gasteiger partial charge in [-0.25, -0.2) is 0 Å². The van der Waals surface area contributed by atoms with Gasteiger partial charge in [0.15, 0.2) is 11.7 Å². The molecule has 0 aliphatic carbocycles. The Kier molecular flexibility index (Phi) is 12.5. The Morgan fingerprint density at radius 2 is 2.00 bits per heavy atom. The number of rotatable bonds is 9. The molecule has 0 aliphatic rings. The monoisotopic (exact) mass is 436 g/mol. The molecule has 6 nitrogen and oxygen atoms in total. The molecule has 0 unspecified atom stereocenters. The molecule has 0 fully saturated rings. The summed E-state index contributed by atoms with van der Waals surface area (Å²) < 4.78 is 5.03. The first-order valence-corrected chi connectivity index (χ1v) is 7.97. The van der Waals surface area contributed by atoms with Crippen LogP contribution in [0.15, 0.2) is 27.8 Å². The van der Waals surface area contributed by atoms with Gasteiger partial charge in [0.2, 0.25) is 0 Å². The van der Waals surface area contributed by atoms with E-state index in [4.69, 9.17) is 4.42 Å². The Balaban J connectivity index is 0.00000484. The van der Waals surface area contributed by atoms with Gasteiger partial charge in [0.25, 0.3) is 5.91 Å². The van der Waals surface area contributed by atoms with Crippen LogP contribution in [0.4, 0.5) is 0 Å². The molecule has 0 radical (unpaired) electrons. The molecule has 23 heavy (non-hydrogen) atoms. The second-order valence-electron chi connectivity index (χ2n) is 5.46. The van der Waals surface area contributed by atoms with Crippen molar-refractivity contribution < 1.29 is 9.21 Å². The first kappa shape index (κ1) is 21.8. The third kappa shape index (κ3) is 10.2. The largest absolute Gasteiger partial charge is 0.459 e. The Labute approximate surface area is 155 Å². The van der Waals surface area contributed by atoms with E-state index in [-0.39, 0.29) is 29.9 Å². The second-order valence-corrected chi connectivity index (χ2v) is 5.46. The van der Waals surface area contributed by atoms with Crippen LogP contribution in [-0.2, 0) is 0 Å². The van der Waals surface area contributed by atoms with Crippen LogP contribution in [-0.4, -0.2) is 38.0 Å². The molecular weight excluding hydrogens is 407 g/mol. The summed E-state index contributed by atoms with van der Waals surface area (Å²) in [5.41, 5.74) is 0. The molecule has 0 bridgehead atoms. The number of amides is 1. The number of guanidine groups is 1. The number of hydrogen-bond donors (Lipinski definition) is 3. The van der Waals surface area contributed by atoms with E-state index < -0.39 is 0 Å². The maximum Gasteiger partial charge on any atom is 0.287 e. The minimum absolute atomic E-state index is 0. The summed E-state index contributed by atoms with van der Waals surface area (Å²) in [7, 11) is 0. The quantitative estimate of drug-likeness (QED) is 0.241. The lowest BCUT2D eigenvalue weighted by Crippen LogP contribution is -2.41. The average molecular weight is 436 g/mol. The van der Waals surface area contributed by atoms with E-state index in [1.54, 1.807) is 12.1 Å². The third-order valence-electron chi connectivity index (χ3n) is 3.00. The van der Waals surface area contributed by atoms with Crippen molar-refractivity contribution in [1.29, 1.82) is 0 Å². The lowest BCUT2D eigenvalue weighted by Gasteiger charge is -2.11. The van der Waals surface area contributed by atoms with Crippen molar-refractivity contribution in [3.63, 3.8) is 0 Å². The Bertz CT molecular complexity index is 447. The van der Waals surface area contributed by atoms with E-state index in [1.165, 1.54) is 12.7 Å². The lowest BCUT2D eigenvalue weighted by molar-refractivity contribution is 0.0926. The predicted octanol–water partition coefficient (Wildman–Crippen LogP) is 2.62. The molecule has 7 heteroatoms. The summed E-state index contributed by atoms with van der Waals surface area (Å²) in [6.07, 6.45) is 3.76. The van der Waals surface area contributed by atoms with Crippen LogP contribution in [0.1, 0.15) is 44.2 Å². The van der Waals surface area contributed by atoms with Crippen molar-refractivity contribution >= 4 is 35.8 Å². The van der Waals surface area contributed by atoms with Crippen molar-refractivity contribution in [3.05, 3.63) is 24.2 Å². The second kappa shape index (κ2) is 13.2. The molecule has 0 aromatic carbocycles. The van der Waals surface area contributed by atoms with E-state index >= 15 is 0 Å². The minimum Gasteiger partial charge on any atom is -0.459 e. The van der Waals surface area contributed by atoms with Gasteiger partial charge in [-0.3, -0.25) is 9.79 Å². The van der Waals surface area contributed by atoms with Crippen molar-refractivity contribution in [1.82, 2.24) is 16.0 Å². The zero-order valence-corrected chi connectivity index (χ0v) is 16.6. The summed E-state index contributed by atoms with van der Waals surface area (Å²) in [4.78, 5) is 16.2. The highest BCUT2D eigenvalue weighted by Gasteiger charge is 2.06. The fourth-order valence-electron chi connectivity index (χ4n) is 1.88. The van der Waals surface area contributed by atoms with E-state index in [2.05, 4.69) is 34.8 Å². The highest BCUT2D eigenvalue weighted by Crippen LogP contribution is 2.02. The first-order valence-electron chi connectivity index (χ1n) is 7.97. The molecule has 1 heterocycles. The van der Waals surface area contributed by atoms with Gasteiger partial charge in [-0.2, -0.15) is 0 Å². The van der Waals surface area contributed by atoms with E-state index in [0.29, 0.717) is 24.8 Å². The van der Waals surface area contributed by atoms with Crippen LogP contribution in [0.5, 0.6) is 0 Å². The SMILES string of the molecule is CCNC(=NCCCC(C)C)NCCNC(=O)c1ccco1.I. The summed E-state index contributed by atoms with van der Waals surface area (Å²) in [5, 5.41) is 9.18. The molecular formula is C16H29IN4O2. The van der Waals surface area contributed by atoms with Crippen LogP contribution in [0.2, 0.25) is 0 Å². The van der Waals surface area contributed by atoms with E-state index in [9.17, 15) is 4.79 Å². The molecule has 0 saturated heterocycles. The average Bonchev–Trinajstić information content (AvgIpc) is 3.01. The van der Waals surface area contributed by atoms with Gasteiger partial charge in [-0.1, -0.05) is 13.8 Å². The zero-order chi connectivity index (χ0) is 16.2. The van der Waals surface area contributed by atoms with Crippen molar-refractivity contribution in [2.75, 3.05) is 26.2 Å². The molecule has 1 aromatic heterocycles. The van der Waals surface area contributed by atoms with Crippen molar-refractivity contribution in [2.45, 2.75) is 33.6 Å². The number of nitrogens with zero attached hydrogens (tertiary/aromatic N) is 1. The third-order valence-corrected chi connectivity index (χ3v) is 3.00. The molecule has 1 rings (SSSR count). The Hall–Kier alpha value is -1.25. The summed E-state index contributed by atoms with van der Waals surface area (Å²) >= 11 is 0. The highest BCUT2D eigenvalue weighted by atomic mass is 127. The fourth-order valence-corrected chi connectivity index (χ4v) is 1.88. The lowest BCUT2D eigenvalue weighted by atomic mass is 10.1. The summed E-state index contributed by atoms with van der Waals surface area (Å²) in [6, 6.07) is 3.34. The smallest absolute Gasteiger partial charge is 0.287 e. The topological polar surface area (TPSA) is 78.7 Å². The molecule has 0 aliphatic heterocycles. The van der Waals surface area contributed by atoms with Crippen molar-refractivity contribution in [2.24, 2.45) is 10.9 Å². The number of halogens is 1. The summed E-state index contributed by atoms with van der Waals surface area (Å²) in [6.45, 7) is 9.22. The predicted molar refractivity (Wildman–Crippen MR) is 105 cm³/mol. The van der Waals surface area contributed by atoms with Crippen LogP contribution < -0.4 is 16.0 Å². The van der Waals surface area contributed by atoms with Gasteiger partial charge < -0.3 is 20.4 Å². The molecule has 3 N–H and O–H groups in total. The molecule has 0 saturated carbocycles. The number of nitrogens with one attached hydrogen (secondary N) is 3. The van der Waals surface area contributed by atoms with Crippen LogP contribution in [0, 0.1) is 5.92 Å². The number of aliphatic imine (C=N–C) groups is 1. The maximum absolute atomic E-state index is 11.7. The molecule has 0 atom stereocenters. The zero-order valence-electron chi connectivity index (χ0n) is 14.2. The van der Waals surface area contributed by atoms with Gasteiger partial charge in [0, 0.05) is 26.2 Å². The van der Waals surface area contributed by atoms with Gasteiger partial charge in [0.05, 0.1) is 6.26 Å². The molecule has 1 aromatic rings. The minimum atomic E-state index is -0.203. The maximum atomic E-state index is 11.7. The van der Waals surface area contributed by atoms with Gasteiger partial charge >= 0.3 is 0 Å².